The number of carbonyl (C=O) groups is 1. The maximum Gasteiger partial charge on any atom is 0.338 e. The minimum Gasteiger partial charge on any atom is -0.464 e. The first-order valence-electron chi connectivity index (χ1n) is 5.62. The molecule has 6 heteroatoms. The van der Waals surface area contributed by atoms with Gasteiger partial charge in [-0.25, -0.2) is 13.6 Å². The summed E-state index contributed by atoms with van der Waals surface area (Å²) in [6.45, 7) is 1.59. The highest BCUT2D eigenvalue weighted by Gasteiger charge is 2.23. The number of halogens is 2. The molecule has 19 heavy (non-hydrogen) atoms. The number of benzene rings is 1. The van der Waals surface area contributed by atoms with Crippen LogP contribution in [0.25, 0.3) is 6.08 Å². The fourth-order valence-electron chi connectivity index (χ4n) is 1.34. The normalized spacial score (nSPS) is 14.4. The number of esters is 1. The predicted octanol–water partition coefficient (Wildman–Crippen LogP) is 1.26. The van der Waals surface area contributed by atoms with Crippen LogP contribution in [0.2, 0.25) is 0 Å². The van der Waals surface area contributed by atoms with Gasteiger partial charge in [0, 0.05) is 5.56 Å². The number of aliphatic hydroxyl groups excluding tert-OH is 2. The van der Waals surface area contributed by atoms with E-state index >= 15 is 0 Å². The van der Waals surface area contributed by atoms with E-state index in [9.17, 15) is 23.8 Å². The maximum absolute atomic E-state index is 13.3. The molecular weight excluding hydrogens is 258 g/mol. The van der Waals surface area contributed by atoms with Gasteiger partial charge in [-0.2, -0.15) is 0 Å². The Balaban J connectivity index is 2.78. The lowest BCUT2D eigenvalue weighted by Gasteiger charge is -2.12. The lowest BCUT2D eigenvalue weighted by atomic mass is 10.1. The van der Waals surface area contributed by atoms with Crippen LogP contribution in [0, 0.1) is 11.6 Å². The Bertz CT molecular complexity index is 453. The Morgan fingerprint density at radius 2 is 1.95 bits per heavy atom. The van der Waals surface area contributed by atoms with Crippen molar-refractivity contribution >= 4 is 12.0 Å². The highest BCUT2D eigenvalue weighted by Crippen LogP contribution is 2.14. The van der Waals surface area contributed by atoms with Gasteiger partial charge >= 0.3 is 5.97 Å². The largest absolute Gasteiger partial charge is 0.464 e. The van der Waals surface area contributed by atoms with Crippen molar-refractivity contribution in [3.63, 3.8) is 0 Å². The lowest BCUT2D eigenvalue weighted by Crippen LogP contribution is -2.34. The van der Waals surface area contributed by atoms with Crippen LogP contribution in [-0.4, -0.2) is 35.0 Å². The van der Waals surface area contributed by atoms with Crippen LogP contribution >= 0.6 is 0 Å². The topological polar surface area (TPSA) is 66.8 Å². The van der Waals surface area contributed by atoms with Crippen LogP contribution in [0.3, 0.4) is 0 Å². The van der Waals surface area contributed by atoms with Crippen LogP contribution in [0.5, 0.6) is 0 Å². The van der Waals surface area contributed by atoms with Gasteiger partial charge in [0.2, 0.25) is 0 Å². The first kappa shape index (κ1) is 15.3. The summed E-state index contributed by atoms with van der Waals surface area (Å²) in [6, 6.07) is 3.31. The first-order valence-corrected chi connectivity index (χ1v) is 5.62. The van der Waals surface area contributed by atoms with Crippen LogP contribution in [0.15, 0.2) is 24.3 Å². The highest BCUT2D eigenvalue weighted by molar-refractivity contribution is 5.75. The molecule has 0 aliphatic heterocycles. The SMILES string of the molecule is CCOC(=O)[C@@H](O)[C@H](O)/C=C/c1c(F)cccc1F. The van der Waals surface area contributed by atoms with Crippen molar-refractivity contribution in [1.82, 2.24) is 0 Å². The average molecular weight is 272 g/mol. The van der Waals surface area contributed by atoms with Gasteiger partial charge < -0.3 is 14.9 Å². The van der Waals surface area contributed by atoms with E-state index in [-0.39, 0.29) is 12.2 Å². The summed E-state index contributed by atoms with van der Waals surface area (Å²) < 4.78 is 31.0. The summed E-state index contributed by atoms with van der Waals surface area (Å²) in [5.41, 5.74) is -0.363. The summed E-state index contributed by atoms with van der Waals surface area (Å²) in [5, 5.41) is 18.8. The molecule has 0 fully saturated rings. The first-order chi connectivity index (χ1) is 8.97. The van der Waals surface area contributed by atoms with Crippen LogP contribution in [0.1, 0.15) is 12.5 Å². The molecule has 4 nitrogen and oxygen atoms in total. The summed E-state index contributed by atoms with van der Waals surface area (Å²) in [4.78, 5) is 11.1. The van der Waals surface area contributed by atoms with Gasteiger partial charge in [0.15, 0.2) is 6.10 Å². The van der Waals surface area contributed by atoms with Crippen molar-refractivity contribution in [2.75, 3.05) is 6.61 Å². The molecule has 0 unspecified atom stereocenters. The van der Waals surface area contributed by atoms with Crippen molar-refractivity contribution in [3.05, 3.63) is 41.5 Å². The molecule has 0 bridgehead atoms. The van der Waals surface area contributed by atoms with Gasteiger partial charge in [-0.15, -0.1) is 0 Å². The predicted molar refractivity (Wildman–Crippen MR) is 64.0 cm³/mol. The molecular formula is C13H14F2O4. The number of rotatable bonds is 5. The van der Waals surface area contributed by atoms with Gasteiger partial charge in [-0.1, -0.05) is 18.2 Å². The van der Waals surface area contributed by atoms with Gasteiger partial charge in [0.05, 0.1) is 6.61 Å². The quantitative estimate of drug-likeness (QED) is 0.792. The third-order valence-corrected chi connectivity index (χ3v) is 2.31. The van der Waals surface area contributed by atoms with E-state index < -0.39 is 29.8 Å². The molecule has 0 radical (unpaired) electrons. The number of carbonyl (C=O) groups excluding carboxylic acids is 1. The molecule has 1 aromatic carbocycles. The van der Waals surface area contributed by atoms with Gasteiger partial charge in [-0.05, 0) is 19.1 Å². The van der Waals surface area contributed by atoms with E-state index in [2.05, 4.69) is 4.74 Å². The smallest absolute Gasteiger partial charge is 0.338 e. The van der Waals surface area contributed by atoms with Gasteiger partial charge in [0.25, 0.3) is 0 Å². The monoisotopic (exact) mass is 272 g/mol. The number of hydrogen-bond donors (Lipinski definition) is 2. The number of ether oxygens (including phenoxy) is 1. The maximum atomic E-state index is 13.3. The van der Waals surface area contributed by atoms with E-state index in [0.717, 1.165) is 24.3 Å². The van der Waals surface area contributed by atoms with Gasteiger partial charge in [-0.3, -0.25) is 0 Å². The lowest BCUT2D eigenvalue weighted by molar-refractivity contribution is -0.157. The molecule has 0 aromatic heterocycles. The molecule has 0 heterocycles. The van der Waals surface area contributed by atoms with E-state index in [0.29, 0.717) is 0 Å². The standard InChI is InChI=1S/C13H14F2O4/c1-2-19-13(18)12(17)11(16)7-6-8-9(14)4-3-5-10(8)15/h3-7,11-12,16-17H,2H2,1H3/b7-6+/t11-,12+/m1/s1. The summed E-state index contributed by atoms with van der Waals surface area (Å²) in [5.74, 6) is -2.63. The second kappa shape index (κ2) is 6.96. The minimum absolute atomic E-state index is 0.0499. The van der Waals surface area contributed by atoms with E-state index in [1.54, 1.807) is 6.92 Å². The summed E-state index contributed by atoms with van der Waals surface area (Å²) in [6.07, 6.45) is -1.54. The van der Waals surface area contributed by atoms with Crippen molar-refractivity contribution in [1.29, 1.82) is 0 Å². The zero-order valence-electron chi connectivity index (χ0n) is 10.2. The molecule has 1 rings (SSSR count). The molecule has 2 N–H and O–H groups in total. The molecule has 0 amide bonds. The van der Waals surface area contributed by atoms with E-state index in [1.807, 2.05) is 0 Å². The molecule has 0 spiro atoms. The Morgan fingerprint density at radius 3 is 2.47 bits per heavy atom. The average Bonchev–Trinajstić information content (AvgIpc) is 2.37. The van der Waals surface area contributed by atoms with Crippen LogP contribution < -0.4 is 0 Å². The molecule has 0 aliphatic carbocycles. The fourth-order valence-corrected chi connectivity index (χ4v) is 1.34. The Labute approximate surface area is 108 Å². The molecule has 0 aliphatic rings. The second-order valence-corrected chi connectivity index (χ2v) is 3.68. The molecule has 1 aromatic rings. The fraction of sp³-hybridized carbons (Fsp3) is 0.308. The Kier molecular flexibility index (Phi) is 5.59. The number of aliphatic hydroxyl groups is 2. The number of hydrogen-bond acceptors (Lipinski definition) is 4. The van der Waals surface area contributed by atoms with Crippen LogP contribution in [-0.2, 0) is 9.53 Å². The van der Waals surface area contributed by atoms with Crippen molar-refractivity contribution in [2.45, 2.75) is 19.1 Å². The molecule has 2 atom stereocenters. The van der Waals surface area contributed by atoms with Gasteiger partial charge in [0.1, 0.15) is 17.7 Å². The zero-order valence-corrected chi connectivity index (χ0v) is 10.2. The zero-order chi connectivity index (χ0) is 14.4. The second-order valence-electron chi connectivity index (χ2n) is 3.68. The third kappa shape index (κ3) is 4.11. The Hall–Kier alpha value is -1.79. The Morgan fingerprint density at radius 1 is 1.37 bits per heavy atom. The van der Waals surface area contributed by atoms with E-state index in [1.165, 1.54) is 6.07 Å². The minimum atomic E-state index is -1.80. The van der Waals surface area contributed by atoms with Crippen molar-refractivity contribution in [3.8, 4) is 0 Å². The molecule has 104 valence electrons. The van der Waals surface area contributed by atoms with E-state index in [4.69, 9.17) is 0 Å². The third-order valence-electron chi connectivity index (χ3n) is 2.31. The summed E-state index contributed by atoms with van der Waals surface area (Å²) >= 11 is 0. The van der Waals surface area contributed by atoms with Crippen molar-refractivity contribution < 1.29 is 28.5 Å². The van der Waals surface area contributed by atoms with Crippen molar-refractivity contribution in [2.24, 2.45) is 0 Å². The molecule has 0 saturated heterocycles. The highest BCUT2D eigenvalue weighted by atomic mass is 19.1. The molecule has 0 saturated carbocycles. The summed E-state index contributed by atoms with van der Waals surface area (Å²) in [7, 11) is 0. The van der Waals surface area contributed by atoms with Crippen LogP contribution in [0.4, 0.5) is 8.78 Å².